The number of hydrogen-bond donors (Lipinski definition) is 1. The van der Waals surface area contributed by atoms with E-state index in [1.165, 1.54) is 5.56 Å². The van der Waals surface area contributed by atoms with E-state index in [9.17, 15) is 0 Å². The Morgan fingerprint density at radius 2 is 2.25 bits per heavy atom. The molecule has 1 fully saturated rings. The summed E-state index contributed by atoms with van der Waals surface area (Å²) >= 11 is 0. The summed E-state index contributed by atoms with van der Waals surface area (Å²) in [6.07, 6.45) is 7.35. The van der Waals surface area contributed by atoms with Gasteiger partial charge in [0, 0.05) is 45.2 Å². The molecule has 2 rings (SSSR count). The second kappa shape index (κ2) is 10.4. The van der Waals surface area contributed by atoms with Crippen LogP contribution in [-0.4, -0.2) is 48.8 Å². The maximum Gasteiger partial charge on any atom is 0.0599 e. The molecule has 2 unspecified atom stereocenters. The van der Waals surface area contributed by atoms with Gasteiger partial charge in [-0.25, -0.2) is 0 Å². The van der Waals surface area contributed by atoms with Gasteiger partial charge in [0.25, 0.3) is 0 Å². The van der Waals surface area contributed by atoms with E-state index >= 15 is 0 Å². The lowest BCUT2D eigenvalue weighted by Crippen LogP contribution is -2.49. The zero-order valence-electron chi connectivity index (χ0n) is 11.9. The van der Waals surface area contributed by atoms with Crippen LogP contribution in [-0.2, 0) is 11.2 Å². The molecule has 2 atom stereocenters. The fourth-order valence-electron chi connectivity index (χ4n) is 2.64. The van der Waals surface area contributed by atoms with Gasteiger partial charge in [0.1, 0.15) is 0 Å². The summed E-state index contributed by atoms with van der Waals surface area (Å²) in [5, 5.41) is 0. The van der Waals surface area contributed by atoms with Gasteiger partial charge in [0.05, 0.1) is 6.10 Å². The van der Waals surface area contributed by atoms with E-state index in [1.807, 2.05) is 18.5 Å². The monoisotopic (exact) mass is 321 g/mol. The van der Waals surface area contributed by atoms with Crippen molar-refractivity contribution in [2.75, 3.05) is 26.7 Å². The van der Waals surface area contributed by atoms with E-state index in [4.69, 9.17) is 10.5 Å². The quantitative estimate of drug-likeness (QED) is 0.900. The molecule has 0 radical (unpaired) electrons. The maximum atomic E-state index is 5.87. The Kier molecular flexibility index (Phi) is 10.2. The lowest BCUT2D eigenvalue weighted by atomic mass is 9.98. The summed E-state index contributed by atoms with van der Waals surface area (Å²) in [5.74, 6) is 0. The SMILES string of the molecule is COC1CCN(CCc2cccnc2)C(CN)C1.Cl.Cl. The molecule has 1 aromatic heterocycles. The summed E-state index contributed by atoms with van der Waals surface area (Å²) < 4.78 is 5.44. The van der Waals surface area contributed by atoms with Gasteiger partial charge < -0.3 is 10.5 Å². The molecule has 0 aromatic carbocycles. The second-order valence-electron chi connectivity index (χ2n) is 4.92. The van der Waals surface area contributed by atoms with Crippen molar-refractivity contribution in [2.24, 2.45) is 5.73 Å². The second-order valence-corrected chi connectivity index (χ2v) is 4.92. The Hall–Kier alpha value is -0.390. The molecular weight excluding hydrogens is 297 g/mol. The van der Waals surface area contributed by atoms with Crippen molar-refractivity contribution in [3.8, 4) is 0 Å². The first kappa shape index (κ1) is 19.6. The molecule has 1 saturated heterocycles. The van der Waals surface area contributed by atoms with Crippen molar-refractivity contribution in [2.45, 2.75) is 31.4 Å². The summed E-state index contributed by atoms with van der Waals surface area (Å²) in [6.45, 7) is 2.86. The van der Waals surface area contributed by atoms with Crippen LogP contribution >= 0.6 is 24.8 Å². The normalized spacial score (nSPS) is 22.7. The molecule has 1 aliphatic heterocycles. The van der Waals surface area contributed by atoms with Crippen LogP contribution in [0.4, 0.5) is 0 Å². The van der Waals surface area contributed by atoms with Crippen LogP contribution in [0.15, 0.2) is 24.5 Å². The van der Waals surface area contributed by atoms with Crippen molar-refractivity contribution in [3.05, 3.63) is 30.1 Å². The number of halogens is 2. The average molecular weight is 322 g/mol. The molecule has 1 aromatic rings. The molecule has 0 amide bonds. The summed E-state index contributed by atoms with van der Waals surface area (Å²) in [7, 11) is 1.80. The van der Waals surface area contributed by atoms with E-state index in [2.05, 4.69) is 16.0 Å². The molecule has 20 heavy (non-hydrogen) atoms. The number of rotatable bonds is 5. The highest BCUT2D eigenvalue weighted by molar-refractivity contribution is 5.85. The number of ether oxygens (including phenoxy) is 1. The number of aromatic nitrogens is 1. The van der Waals surface area contributed by atoms with Crippen LogP contribution in [0.25, 0.3) is 0 Å². The van der Waals surface area contributed by atoms with Crippen LogP contribution in [0.1, 0.15) is 18.4 Å². The Labute approximate surface area is 133 Å². The minimum absolute atomic E-state index is 0. The van der Waals surface area contributed by atoms with Gasteiger partial charge in [0.15, 0.2) is 0 Å². The summed E-state index contributed by atoms with van der Waals surface area (Å²) in [5.41, 5.74) is 7.16. The Morgan fingerprint density at radius 3 is 2.85 bits per heavy atom. The van der Waals surface area contributed by atoms with Crippen LogP contribution < -0.4 is 5.73 Å². The smallest absolute Gasteiger partial charge is 0.0599 e. The number of likely N-dealkylation sites (tertiary alicyclic amines) is 1. The Balaban J connectivity index is 0.00000180. The topological polar surface area (TPSA) is 51.4 Å². The average Bonchev–Trinajstić information content (AvgIpc) is 2.46. The molecule has 0 bridgehead atoms. The Morgan fingerprint density at radius 1 is 1.45 bits per heavy atom. The van der Waals surface area contributed by atoms with Gasteiger partial charge in [-0.3, -0.25) is 9.88 Å². The minimum Gasteiger partial charge on any atom is -0.381 e. The van der Waals surface area contributed by atoms with Crippen molar-refractivity contribution in [1.29, 1.82) is 0 Å². The maximum absolute atomic E-state index is 5.87. The zero-order valence-corrected chi connectivity index (χ0v) is 13.5. The number of pyridine rings is 1. The fraction of sp³-hybridized carbons (Fsp3) is 0.643. The first-order valence-corrected chi connectivity index (χ1v) is 6.69. The van der Waals surface area contributed by atoms with Crippen molar-refractivity contribution in [1.82, 2.24) is 9.88 Å². The fourth-order valence-corrected chi connectivity index (χ4v) is 2.64. The molecule has 1 aliphatic rings. The third-order valence-electron chi connectivity index (χ3n) is 3.81. The number of piperidine rings is 1. The predicted molar refractivity (Wildman–Crippen MR) is 86.9 cm³/mol. The minimum atomic E-state index is 0. The highest BCUT2D eigenvalue weighted by atomic mass is 35.5. The van der Waals surface area contributed by atoms with Gasteiger partial charge in [-0.15, -0.1) is 24.8 Å². The highest BCUT2D eigenvalue weighted by Crippen LogP contribution is 2.19. The number of hydrogen-bond acceptors (Lipinski definition) is 4. The van der Waals surface area contributed by atoms with Crippen molar-refractivity contribution < 1.29 is 4.74 Å². The highest BCUT2D eigenvalue weighted by Gasteiger charge is 2.26. The van der Waals surface area contributed by atoms with Gasteiger partial charge in [-0.05, 0) is 30.9 Å². The van der Waals surface area contributed by atoms with Crippen molar-refractivity contribution in [3.63, 3.8) is 0 Å². The first-order chi connectivity index (χ1) is 8.83. The summed E-state index contributed by atoms with van der Waals surface area (Å²) in [4.78, 5) is 6.64. The van der Waals surface area contributed by atoms with Crippen LogP contribution in [0.3, 0.4) is 0 Å². The van der Waals surface area contributed by atoms with E-state index in [0.29, 0.717) is 18.7 Å². The molecule has 116 valence electrons. The third-order valence-corrected chi connectivity index (χ3v) is 3.81. The first-order valence-electron chi connectivity index (χ1n) is 6.69. The number of methoxy groups -OCH3 is 1. The lowest BCUT2D eigenvalue weighted by Gasteiger charge is -2.38. The molecule has 2 heterocycles. The molecule has 4 nitrogen and oxygen atoms in total. The van der Waals surface area contributed by atoms with Crippen LogP contribution in [0, 0.1) is 0 Å². The standard InChI is InChI=1S/C14H23N3O.2ClH/c1-18-14-5-8-17(13(9-14)10-15)7-4-12-3-2-6-16-11-12;;/h2-3,6,11,13-14H,4-5,7-10,15H2,1H3;2*1H. The largest absolute Gasteiger partial charge is 0.381 e. The van der Waals surface area contributed by atoms with E-state index in [0.717, 1.165) is 32.4 Å². The molecule has 0 aliphatic carbocycles. The van der Waals surface area contributed by atoms with Crippen LogP contribution in [0.2, 0.25) is 0 Å². The number of nitrogens with two attached hydrogens (primary N) is 1. The van der Waals surface area contributed by atoms with Gasteiger partial charge >= 0.3 is 0 Å². The van der Waals surface area contributed by atoms with Crippen LogP contribution in [0.5, 0.6) is 0 Å². The van der Waals surface area contributed by atoms with E-state index in [-0.39, 0.29) is 24.8 Å². The van der Waals surface area contributed by atoms with Gasteiger partial charge in [-0.2, -0.15) is 0 Å². The van der Waals surface area contributed by atoms with E-state index in [1.54, 1.807) is 7.11 Å². The van der Waals surface area contributed by atoms with E-state index < -0.39 is 0 Å². The molecule has 0 saturated carbocycles. The lowest BCUT2D eigenvalue weighted by molar-refractivity contribution is 0.0138. The third kappa shape index (κ3) is 5.54. The van der Waals surface area contributed by atoms with Gasteiger partial charge in [-0.1, -0.05) is 6.07 Å². The number of nitrogens with zero attached hydrogens (tertiary/aromatic N) is 2. The predicted octanol–water partition coefficient (Wildman–Crippen LogP) is 1.91. The van der Waals surface area contributed by atoms with Gasteiger partial charge in [0.2, 0.25) is 0 Å². The Bertz CT molecular complexity index is 354. The zero-order chi connectivity index (χ0) is 12.8. The molecular formula is C14H25Cl2N3O. The molecule has 0 spiro atoms. The molecule has 6 heteroatoms. The summed E-state index contributed by atoms with van der Waals surface area (Å²) in [6, 6.07) is 4.58. The molecule has 2 N–H and O–H groups in total. The van der Waals surface area contributed by atoms with Crippen molar-refractivity contribution >= 4 is 24.8 Å².